The van der Waals surface area contributed by atoms with Gasteiger partial charge in [-0.05, 0) is 32.8 Å². The molecule has 1 aromatic carbocycles. The number of hydrogen-bond donors (Lipinski definition) is 3. The average molecular weight is 252 g/mol. The van der Waals surface area contributed by atoms with E-state index in [1.807, 2.05) is 32.0 Å². The summed E-state index contributed by atoms with van der Waals surface area (Å²) in [6.45, 7) is 6.98. The number of anilines is 2. The van der Waals surface area contributed by atoms with Crippen molar-refractivity contribution < 1.29 is 9.84 Å². The molecule has 1 rings (SSSR count). The van der Waals surface area contributed by atoms with Crippen molar-refractivity contribution in [3.05, 3.63) is 18.2 Å². The lowest BCUT2D eigenvalue weighted by molar-refractivity contribution is 0.261. The topological polar surface area (TPSA) is 67.5 Å². The van der Waals surface area contributed by atoms with Crippen LogP contribution in [0.2, 0.25) is 0 Å². The Labute approximate surface area is 109 Å². The molecule has 0 aliphatic carbocycles. The van der Waals surface area contributed by atoms with E-state index in [9.17, 15) is 0 Å². The molecule has 0 radical (unpaired) electrons. The van der Waals surface area contributed by atoms with Gasteiger partial charge in [0.05, 0.1) is 6.61 Å². The fourth-order valence-corrected chi connectivity index (χ4v) is 1.73. The highest BCUT2D eigenvalue weighted by Crippen LogP contribution is 2.26. The van der Waals surface area contributed by atoms with Crippen LogP contribution in [0.3, 0.4) is 0 Å². The summed E-state index contributed by atoms with van der Waals surface area (Å²) < 4.78 is 5.58. The molecule has 0 saturated heterocycles. The van der Waals surface area contributed by atoms with E-state index in [-0.39, 0.29) is 12.1 Å². The summed E-state index contributed by atoms with van der Waals surface area (Å²) in [5.41, 5.74) is 7.27. The number of nitrogens with two attached hydrogens (primary N) is 1. The first-order chi connectivity index (χ1) is 8.46. The van der Waals surface area contributed by atoms with Crippen molar-refractivity contribution in [2.24, 2.45) is 0 Å². The third-order valence-electron chi connectivity index (χ3n) is 2.62. The minimum atomic E-state index is -0.176. The molecule has 0 unspecified atom stereocenters. The molecule has 0 fully saturated rings. The molecule has 0 aliphatic heterocycles. The molecule has 1 aromatic rings. The van der Waals surface area contributed by atoms with Gasteiger partial charge in [0.15, 0.2) is 0 Å². The fourth-order valence-electron chi connectivity index (χ4n) is 1.73. The normalized spacial score (nSPS) is 11.3. The monoisotopic (exact) mass is 252 g/mol. The van der Waals surface area contributed by atoms with Gasteiger partial charge in [0.2, 0.25) is 0 Å². The van der Waals surface area contributed by atoms with Crippen LogP contribution in [0.15, 0.2) is 18.2 Å². The molecule has 0 saturated carbocycles. The number of ether oxygens (including phenoxy) is 1. The van der Waals surface area contributed by atoms with Crippen LogP contribution in [-0.4, -0.2) is 23.9 Å². The molecule has 0 aliphatic rings. The summed E-state index contributed by atoms with van der Waals surface area (Å²) in [5, 5.41) is 12.4. The van der Waals surface area contributed by atoms with Crippen molar-refractivity contribution in [1.29, 1.82) is 0 Å². The van der Waals surface area contributed by atoms with E-state index in [2.05, 4.69) is 12.2 Å². The van der Waals surface area contributed by atoms with Crippen molar-refractivity contribution in [1.82, 2.24) is 0 Å². The highest BCUT2D eigenvalue weighted by atomic mass is 16.5. The predicted molar refractivity (Wildman–Crippen MR) is 76.0 cm³/mol. The summed E-state index contributed by atoms with van der Waals surface area (Å²) in [4.78, 5) is 0. The molecule has 4 nitrogen and oxygen atoms in total. The number of rotatable bonds is 7. The largest absolute Gasteiger partial charge is 0.493 e. The molecule has 0 heterocycles. The number of aliphatic hydroxyl groups excluding tert-OH is 1. The summed E-state index contributed by atoms with van der Waals surface area (Å²) in [6.07, 6.45) is 1.64. The Morgan fingerprint density at radius 2 is 2.06 bits per heavy atom. The Hall–Kier alpha value is -1.42. The summed E-state index contributed by atoms with van der Waals surface area (Å²) in [7, 11) is 0. The predicted octanol–water partition coefficient (Wildman–Crippen LogP) is 2.63. The molecule has 0 atom stereocenters. The Kier molecular flexibility index (Phi) is 5.28. The van der Waals surface area contributed by atoms with E-state index < -0.39 is 0 Å². The number of nitrogen functional groups attached to an aromatic ring is 1. The molecular weight excluding hydrogens is 228 g/mol. The van der Waals surface area contributed by atoms with E-state index in [1.54, 1.807) is 0 Å². The zero-order chi connectivity index (χ0) is 13.6. The van der Waals surface area contributed by atoms with Crippen LogP contribution in [0.4, 0.5) is 11.4 Å². The third-order valence-corrected chi connectivity index (χ3v) is 2.62. The van der Waals surface area contributed by atoms with Crippen LogP contribution in [0.5, 0.6) is 5.75 Å². The average Bonchev–Trinajstić information content (AvgIpc) is 2.24. The van der Waals surface area contributed by atoms with Crippen LogP contribution < -0.4 is 15.8 Å². The number of hydrogen-bond acceptors (Lipinski definition) is 4. The second-order valence-electron chi connectivity index (χ2n) is 5.12. The van der Waals surface area contributed by atoms with Gasteiger partial charge in [-0.2, -0.15) is 0 Å². The SMILES string of the molecule is CCCOc1cc(N)cc(NC(C)(C)CCO)c1. The lowest BCUT2D eigenvalue weighted by Crippen LogP contribution is -2.31. The standard InChI is InChI=1S/C14H24N2O2/c1-4-7-18-13-9-11(15)8-12(10-13)16-14(2,3)5-6-17/h8-10,16-17H,4-7,15H2,1-3H3. The zero-order valence-electron chi connectivity index (χ0n) is 11.5. The fraction of sp³-hybridized carbons (Fsp3) is 0.571. The van der Waals surface area contributed by atoms with Gasteiger partial charge in [0, 0.05) is 35.7 Å². The van der Waals surface area contributed by atoms with Crippen LogP contribution in [0, 0.1) is 0 Å². The molecule has 4 N–H and O–H groups in total. The summed E-state index contributed by atoms with van der Waals surface area (Å²) >= 11 is 0. The minimum Gasteiger partial charge on any atom is -0.493 e. The molecule has 0 aromatic heterocycles. The quantitative estimate of drug-likeness (QED) is 0.653. The van der Waals surface area contributed by atoms with E-state index >= 15 is 0 Å². The van der Waals surface area contributed by atoms with Gasteiger partial charge in [-0.15, -0.1) is 0 Å². The second kappa shape index (κ2) is 6.50. The van der Waals surface area contributed by atoms with Crippen molar-refractivity contribution in [2.75, 3.05) is 24.3 Å². The lowest BCUT2D eigenvalue weighted by Gasteiger charge is -2.27. The molecule has 18 heavy (non-hydrogen) atoms. The Morgan fingerprint density at radius 1 is 1.33 bits per heavy atom. The molecule has 102 valence electrons. The Bertz CT molecular complexity index is 378. The van der Waals surface area contributed by atoms with Gasteiger partial charge >= 0.3 is 0 Å². The van der Waals surface area contributed by atoms with Crippen LogP contribution >= 0.6 is 0 Å². The van der Waals surface area contributed by atoms with Crippen LogP contribution in [0.1, 0.15) is 33.6 Å². The van der Waals surface area contributed by atoms with E-state index in [0.717, 1.165) is 17.9 Å². The van der Waals surface area contributed by atoms with E-state index in [0.29, 0.717) is 18.7 Å². The first-order valence-electron chi connectivity index (χ1n) is 6.39. The minimum absolute atomic E-state index is 0.154. The van der Waals surface area contributed by atoms with Gasteiger partial charge in [0.25, 0.3) is 0 Å². The van der Waals surface area contributed by atoms with Gasteiger partial charge in [0.1, 0.15) is 5.75 Å². The van der Waals surface area contributed by atoms with Crippen molar-refractivity contribution in [3.63, 3.8) is 0 Å². The smallest absolute Gasteiger partial charge is 0.123 e. The highest BCUT2D eigenvalue weighted by molar-refractivity contribution is 5.60. The first-order valence-corrected chi connectivity index (χ1v) is 6.39. The number of aliphatic hydroxyl groups is 1. The maximum Gasteiger partial charge on any atom is 0.123 e. The maximum atomic E-state index is 9.02. The van der Waals surface area contributed by atoms with Crippen molar-refractivity contribution in [3.8, 4) is 5.75 Å². The molecule has 4 heteroatoms. The third kappa shape index (κ3) is 4.84. The molecule has 0 spiro atoms. The second-order valence-corrected chi connectivity index (χ2v) is 5.12. The van der Waals surface area contributed by atoms with Crippen molar-refractivity contribution in [2.45, 2.75) is 39.2 Å². The zero-order valence-corrected chi connectivity index (χ0v) is 11.5. The number of benzene rings is 1. The molecular formula is C14H24N2O2. The first kappa shape index (κ1) is 14.6. The Balaban J connectivity index is 2.79. The van der Waals surface area contributed by atoms with Gasteiger partial charge in [-0.1, -0.05) is 6.92 Å². The maximum absolute atomic E-state index is 9.02. The van der Waals surface area contributed by atoms with Gasteiger partial charge in [-0.25, -0.2) is 0 Å². The van der Waals surface area contributed by atoms with Crippen LogP contribution in [-0.2, 0) is 0 Å². The summed E-state index contributed by atoms with van der Waals surface area (Å²) in [6, 6.07) is 5.63. The summed E-state index contributed by atoms with van der Waals surface area (Å²) in [5.74, 6) is 0.777. The van der Waals surface area contributed by atoms with E-state index in [1.165, 1.54) is 0 Å². The van der Waals surface area contributed by atoms with Crippen LogP contribution in [0.25, 0.3) is 0 Å². The lowest BCUT2D eigenvalue weighted by atomic mass is 10.0. The highest BCUT2D eigenvalue weighted by Gasteiger charge is 2.16. The molecule has 0 bridgehead atoms. The van der Waals surface area contributed by atoms with Gasteiger partial charge < -0.3 is 20.9 Å². The molecule has 0 amide bonds. The van der Waals surface area contributed by atoms with E-state index in [4.69, 9.17) is 15.6 Å². The number of nitrogens with one attached hydrogen (secondary N) is 1. The van der Waals surface area contributed by atoms with Gasteiger partial charge in [-0.3, -0.25) is 0 Å². The Morgan fingerprint density at radius 3 is 2.67 bits per heavy atom. The van der Waals surface area contributed by atoms with Crippen molar-refractivity contribution >= 4 is 11.4 Å².